The maximum atomic E-state index is 12.8. The molecule has 0 aliphatic carbocycles. The van der Waals surface area contributed by atoms with Crippen molar-refractivity contribution in [3.8, 4) is 0 Å². The molecule has 2 rings (SSSR count). The van der Waals surface area contributed by atoms with E-state index in [-0.39, 0.29) is 17.9 Å². The maximum Gasteiger partial charge on any atom is 0.247 e. The zero-order chi connectivity index (χ0) is 20.5. The van der Waals surface area contributed by atoms with Gasteiger partial charge in [-0.2, -0.15) is 0 Å². The number of hydrogen-bond donors (Lipinski definition) is 0. The van der Waals surface area contributed by atoms with Crippen LogP contribution in [-0.4, -0.2) is 36.7 Å². The Morgan fingerprint density at radius 3 is 2.14 bits per heavy atom. The first-order valence-corrected chi connectivity index (χ1v) is 10.3. The molecule has 0 aromatic heterocycles. The predicted octanol–water partition coefficient (Wildman–Crippen LogP) is 5.15. The third-order valence-corrected chi connectivity index (χ3v) is 5.13. The van der Waals surface area contributed by atoms with Crippen LogP contribution in [-0.2, 0) is 17.6 Å². The van der Waals surface area contributed by atoms with Crippen LogP contribution in [0.4, 0.5) is 0 Å². The molecule has 0 heterocycles. The third-order valence-electron chi connectivity index (χ3n) is 5.13. The van der Waals surface area contributed by atoms with Crippen LogP contribution >= 0.6 is 0 Å². The van der Waals surface area contributed by atoms with Crippen LogP contribution < -0.4 is 0 Å². The van der Waals surface area contributed by atoms with Gasteiger partial charge in [0.15, 0.2) is 0 Å². The molecule has 1 amide bonds. The lowest BCUT2D eigenvalue weighted by molar-refractivity contribution is -0.130. The molecule has 0 N–H and O–H groups in total. The Morgan fingerprint density at radius 2 is 1.57 bits per heavy atom. The smallest absolute Gasteiger partial charge is 0.247 e. The molecule has 150 valence electrons. The number of aliphatic imine (C=N–C) groups is 1. The Hall–Kier alpha value is -2.42. The van der Waals surface area contributed by atoms with E-state index < -0.39 is 0 Å². The lowest BCUT2D eigenvalue weighted by Crippen LogP contribution is -2.36. The normalized spacial score (nSPS) is 13.6. The summed E-state index contributed by atoms with van der Waals surface area (Å²) in [4.78, 5) is 19.2. The van der Waals surface area contributed by atoms with Gasteiger partial charge in [-0.3, -0.25) is 9.79 Å². The minimum absolute atomic E-state index is 0.0797. The van der Waals surface area contributed by atoms with Gasteiger partial charge < -0.3 is 4.90 Å². The number of likely N-dealkylation sites (N-methyl/N-ethyl adjacent to an activating group) is 1. The highest BCUT2D eigenvalue weighted by molar-refractivity contribution is 5.83. The molecule has 3 heteroatoms. The second kappa shape index (κ2) is 10.8. The molecule has 0 aliphatic rings. The highest BCUT2D eigenvalue weighted by atomic mass is 16.2. The van der Waals surface area contributed by atoms with E-state index in [2.05, 4.69) is 57.2 Å². The Morgan fingerprint density at radius 1 is 0.964 bits per heavy atom. The summed E-state index contributed by atoms with van der Waals surface area (Å²) >= 11 is 0. The minimum Gasteiger partial charge on any atom is -0.344 e. The van der Waals surface area contributed by atoms with Gasteiger partial charge in [0.1, 0.15) is 6.04 Å². The number of benzene rings is 2. The lowest BCUT2D eigenvalue weighted by atomic mass is 9.97. The molecule has 2 aromatic carbocycles. The Kier molecular flexibility index (Phi) is 8.43. The van der Waals surface area contributed by atoms with Gasteiger partial charge in [0, 0.05) is 26.2 Å². The van der Waals surface area contributed by atoms with Gasteiger partial charge in [-0.05, 0) is 41.9 Å². The van der Waals surface area contributed by atoms with E-state index in [1.807, 2.05) is 38.4 Å². The van der Waals surface area contributed by atoms with Crippen LogP contribution in [0.15, 0.2) is 59.6 Å². The van der Waals surface area contributed by atoms with Crippen molar-refractivity contribution < 1.29 is 4.79 Å². The monoisotopic (exact) mass is 378 g/mol. The molecule has 2 atom stereocenters. The quantitative estimate of drug-likeness (QED) is 0.556. The highest BCUT2D eigenvalue weighted by Crippen LogP contribution is 2.16. The third kappa shape index (κ3) is 6.63. The molecule has 0 radical (unpaired) electrons. The van der Waals surface area contributed by atoms with Gasteiger partial charge in [0.05, 0.1) is 0 Å². The van der Waals surface area contributed by atoms with Crippen LogP contribution in [0.3, 0.4) is 0 Å². The number of carbonyl (C=O) groups is 1. The average molecular weight is 379 g/mol. The summed E-state index contributed by atoms with van der Waals surface area (Å²) in [5.74, 6) is 0.910. The molecular formula is C25H34N2O. The fourth-order valence-corrected chi connectivity index (χ4v) is 3.17. The van der Waals surface area contributed by atoms with Gasteiger partial charge >= 0.3 is 0 Å². The summed E-state index contributed by atoms with van der Waals surface area (Å²) in [6.07, 6.45) is 3.53. The second-order valence-electron chi connectivity index (χ2n) is 7.93. The van der Waals surface area contributed by atoms with Gasteiger partial charge in [-0.15, -0.1) is 0 Å². The highest BCUT2D eigenvalue weighted by Gasteiger charge is 2.20. The van der Waals surface area contributed by atoms with Crippen molar-refractivity contribution in [2.75, 3.05) is 13.6 Å². The summed E-state index contributed by atoms with van der Waals surface area (Å²) in [5, 5.41) is 0. The standard InChI is InChI=1S/C25H34N2O/c1-6-27(5)25(28)24(17-21-10-8-7-9-11-21)26-18-20(4)16-22-12-14-23(15-13-22)19(2)3/h7-15,18-20,24H,6,16-17H2,1-5H3. The summed E-state index contributed by atoms with van der Waals surface area (Å²) in [7, 11) is 1.84. The predicted molar refractivity (Wildman–Crippen MR) is 119 cm³/mol. The molecule has 2 unspecified atom stereocenters. The summed E-state index contributed by atoms with van der Waals surface area (Å²) < 4.78 is 0. The minimum atomic E-state index is -0.363. The molecular weight excluding hydrogens is 344 g/mol. The van der Waals surface area contributed by atoms with Crippen molar-refractivity contribution in [1.29, 1.82) is 0 Å². The van der Waals surface area contributed by atoms with E-state index in [0.29, 0.717) is 18.9 Å². The van der Waals surface area contributed by atoms with Crippen molar-refractivity contribution in [2.45, 2.75) is 52.5 Å². The first-order chi connectivity index (χ1) is 13.4. The van der Waals surface area contributed by atoms with E-state index in [1.54, 1.807) is 4.90 Å². The summed E-state index contributed by atoms with van der Waals surface area (Å²) in [6, 6.07) is 18.6. The zero-order valence-electron chi connectivity index (χ0n) is 17.9. The van der Waals surface area contributed by atoms with Crippen molar-refractivity contribution in [3.05, 3.63) is 71.3 Å². The summed E-state index contributed by atoms with van der Waals surface area (Å²) in [6.45, 7) is 9.26. The maximum absolute atomic E-state index is 12.8. The van der Waals surface area contributed by atoms with E-state index in [1.165, 1.54) is 11.1 Å². The largest absolute Gasteiger partial charge is 0.344 e. The molecule has 0 fully saturated rings. The van der Waals surface area contributed by atoms with Crippen LogP contribution in [0, 0.1) is 5.92 Å². The first-order valence-electron chi connectivity index (χ1n) is 10.3. The lowest BCUT2D eigenvalue weighted by Gasteiger charge is -2.20. The Bertz CT molecular complexity index is 750. The van der Waals surface area contributed by atoms with Gasteiger partial charge in [-0.25, -0.2) is 0 Å². The molecule has 0 saturated carbocycles. The average Bonchev–Trinajstić information content (AvgIpc) is 2.71. The number of carbonyl (C=O) groups excluding carboxylic acids is 1. The number of amides is 1. The molecule has 0 spiro atoms. The van der Waals surface area contributed by atoms with Crippen LogP contribution in [0.25, 0.3) is 0 Å². The van der Waals surface area contributed by atoms with E-state index in [0.717, 1.165) is 12.0 Å². The van der Waals surface area contributed by atoms with Crippen molar-refractivity contribution in [2.24, 2.45) is 10.9 Å². The first kappa shape index (κ1) is 21.9. The molecule has 3 nitrogen and oxygen atoms in total. The van der Waals surface area contributed by atoms with Crippen molar-refractivity contribution >= 4 is 12.1 Å². The van der Waals surface area contributed by atoms with Gasteiger partial charge in [0.2, 0.25) is 5.91 Å². The van der Waals surface area contributed by atoms with Crippen LogP contribution in [0.5, 0.6) is 0 Å². The van der Waals surface area contributed by atoms with E-state index >= 15 is 0 Å². The van der Waals surface area contributed by atoms with Gasteiger partial charge in [0.25, 0.3) is 0 Å². The SMILES string of the molecule is CCN(C)C(=O)C(Cc1ccccc1)N=CC(C)Cc1ccc(C(C)C)cc1. The van der Waals surface area contributed by atoms with Gasteiger partial charge in [-0.1, -0.05) is 75.4 Å². The number of nitrogens with zero attached hydrogens (tertiary/aromatic N) is 2. The van der Waals surface area contributed by atoms with Crippen molar-refractivity contribution in [1.82, 2.24) is 4.90 Å². The summed E-state index contributed by atoms with van der Waals surface area (Å²) in [5.41, 5.74) is 3.81. The number of rotatable bonds is 9. The molecule has 28 heavy (non-hydrogen) atoms. The molecule has 0 bridgehead atoms. The van der Waals surface area contributed by atoms with Crippen LogP contribution in [0.1, 0.15) is 50.3 Å². The molecule has 0 saturated heterocycles. The molecule has 0 aliphatic heterocycles. The van der Waals surface area contributed by atoms with E-state index in [9.17, 15) is 4.79 Å². The zero-order valence-corrected chi connectivity index (χ0v) is 17.9. The second-order valence-corrected chi connectivity index (χ2v) is 7.93. The number of hydrogen-bond acceptors (Lipinski definition) is 2. The topological polar surface area (TPSA) is 32.7 Å². The van der Waals surface area contributed by atoms with E-state index in [4.69, 9.17) is 4.99 Å². The Balaban J connectivity index is 2.06. The molecule has 2 aromatic rings. The van der Waals surface area contributed by atoms with Crippen LogP contribution in [0.2, 0.25) is 0 Å². The van der Waals surface area contributed by atoms with Crippen molar-refractivity contribution in [3.63, 3.8) is 0 Å². The fraction of sp³-hybridized carbons (Fsp3) is 0.440. The fourth-order valence-electron chi connectivity index (χ4n) is 3.17. The Labute approximate surface area is 170 Å².